The van der Waals surface area contributed by atoms with Crippen LogP contribution in [0.25, 0.3) is 122 Å². The van der Waals surface area contributed by atoms with Gasteiger partial charge in [0.1, 0.15) is 0 Å². The highest BCUT2D eigenvalue weighted by Crippen LogP contribution is 2.48. The molecule has 0 atom stereocenters. The Balaban J connectivity index is 1.14. The van der Waals surface area contributed by atoms with Crippen molar-refractivity contribution in [2.75, 3.05) is 0 Å². The van der Waals surface area contributed by atoms with Crippen LogP contribution in [0.4, 0.5) is 26.3 Å². The van der Waals surface area contributed by atoms with E-state index in [9.17, 15) is 18.4 Å². The average Bonchev–Trinajstić information content (AvgIpc) is 2.53. The summed E-state index contributed by atoms with van der Waals surface area (Å²) < 4.78 is 92.8. The molecule has 0 bridgehead atoms. The Kier molecular flexibility index (Phi) is 12.4. The molecule has 13 aromatic rings. The molecule has 13 rings (SSSR count). The van der Waals surface area contributed by atoms with Crippen LogP contribution in [0.15, 0.2) is 224 Å². The molecule has 2 heterocycles. The molecule has 398 valence electrons. The topological polar surface area (TPSA) is 33.6 Å². The molecule has 0 fully saturated rings. The van der Waals surface area contributed by atoms with Crippen LogP contribution in [-0.2, 0) is 12.4 Å². The molecule has 3 nitrogen and oxygen atoms in total. The van der Waals surface area contributed by atoms with Crippen LogP contribution in [0.3, 0.4) is 0 Å². The van der Waals surface area contributed by atoms with Gasteiger partial charge in [-0.15, -0.1) is 0 Å². The van der Waals surface area contributed by atoms with Crippen LogP contribution in [0.1, 0.15) is 38.9 Å². The molecule has 0 aliphatic carbocycles. The zero-order valence-electron chi connectivity index (χ0n) is 45.0. The minimum Gasteiger partial charge on any atom is -0.309 e. The fourth-order valence-electron chi connectivity index (χ4n) is 12.2. The zero-order chi connectivity index (χ0) is 56.8. The van der Waals surface area contributed by atoms with Crippen LogP contribution in [0.5, 0.6) is 0 Å². The van der Waals surface area contributed by atoms with Gasteiger partial charge < -0.3 is 9.13 Å². The van der Waals surface area contributed by atoms with Crippen molar-refractivity contribution in [1.82, 2.24) is 9.13 Å². The predicted molar refractivity (Wildman–Crippen MR) is 321 cm³/mol. The van der Waals surface area contributed by atoms with E-state index >= 15 is 13.2 Å². The van der Waals surface area contributed by atoms with Crippen molar-refractivity contribution in [3.63, 3.8) is 0 Å². The molecule has 0 spiro atoms. The van der Waals surface area contributed by atoms with Gasteiger partial charge in [0.15, 0.2) is 0 Å². The van der Waals surface area contributed by atoms with E-state index in [1.165, 1.54) is 0 Å². The van der Waals surface area contributed by atoms with Crippen molar-refractivity contribution in [2.45, 2.75) is 40.0 Å². The number of hydrogen-bond donors (Lipinski definition) is 0. The van der Waals surface area contributed by atoms with Gasteiger partial charge in [-0.05, 0) is 191 Å². The van der Waals surface area contributed by atoms with Gasteiger partial charge in [0.05, 0.1) is 56.2 Å². The smallest absolute Gasteiger partial charge is 0.309 e. The van der Waals surface area contributed by atoms with E-state index in [0.29, 0.717) is 34.1 Å². The maximum atomic E-state index is 15.3. The summed E-state index contributed by atoms with van der Waals surface area (Å²) >= 11 is 0. The van der Waals surface area contributed by atoms with Crippen molar-refractivity contribution in [1.29, 1.82) is 5.26 Å². The monoisotopic (exact) mass is 1080 g/mol. The molecule has 0 saturated carbocycles. The molecule has 2 aromatic heterocycles. The Morgan fingerprint density at radius 3 is 1.06 bits per heavy atom. The molecule has 0 radical (unpaired) electrons. The molecule has 0 amide bonds. The van der Waals surface area contributed by atoms with Crippen molar-refractivity contribution in [3.05, 3.63) is 263 Å². The summed E-state index contributed by atoms with van der Waals surface area (Å²) in [5.41, 5.74) is 15.3. The first kappa shape index (κ1) is 51.5. The Labute approximate surface area is 469 Å². The van der Waals surface area contributed by atoms with Gasteiger partial charge >= 0.3 is 12.4 Å². The van der Waals surface area contributed by atoms with Gasteiger partial charge in [0.2, 0.25) is 0 Å². The maximum absolute atomic E-state index is 15.3. The molecule has 0 unspecified atom stereocenters. The van der Waals surface area contributed by atoms with Gasteiger partial charge in [-0.1, -0.05) is 140 Å². The minimum absolute atomic E-state index is 0.0486. The molecular weight excluding hydrogens is 1030 g/mol. The quantitative estimate of drug-likeness (QED) is 0.140. The van der Waals surface area contributed by atoms with Gasteiger partial charge in [0.25, 0.3) is 0 Å². The van der Waals surface area contributed by atoms with Gasteiger partial charge in [-0.25, -0.2) is 0 Å². The molecule has 11 aromatic carbocycles. The Morgan fingerprint density at radius 1 is 0.317 bits per heavy atom. The zero-order valence-corrected chi connectivity index (χ0v) is 45.0. The summed E-state index contributed by atoms with van der Waals surface area (Å²) in [4.78, 5) is 0. The van der Waals surface area contributed by atoms with Gasteiger partial charge in [0, 0.05) is 32.7 Å². The van der Waals surface area contributed by atoms with Crippen LogP contribution >= 0.6 is 0 Å². The number of nitriles is 1. The normalized spacial score (nSPS) is 12.0. The molecular formula is C73H49F6N3. The second-order valence-electron chi connectivity index (χ2n) is 21.2. The van der Waals surface area contributed by atoms with Crippen LogP contribution in [0, 0.1) is 39.0 Å². The third kappa shape index (κ3) is 8.79. The number of rotatable bonds is 8. The highest BCUT2D eigenvalue weighted by molar-refractivity contribution is 6.14. The highest BCUT2D eigenvalue weighted by Gasteiger charge is 2.39. The van der Waals surface area contributed by atoms with Crippen molar-refractivity contribution in [3.8, 4) is 84.2 Å². The maximum Gasteiger partial charge on any atom is 0.417 e. The lowest BCUT2D eigenvalue weighted by Crippen LogP contribution is -2.12. The van der Waals surface area contributed by atoms with Crippen LogP contribution in [-0.4, -0.2) is 9.13 Å². The number of aryl methyl sites for hydroxylation is 4. The lowest BCUT2D eigenvalue weighted by Gasteiger charge is -2.21. The second kappa shape index (κ2) is 19.7. The predicted octanol–water partition coefficient (Wildman–Crippen LogP) is 21.0. The highest BCUT2D eigenvalue weighted by atomic mass is 19.4. The van der Waals surface area contributed by atoms with Crippen LogP contribution in [0.2, 0.25) is 0 Å². The fraction of sp³-hybridized carbons (Fsp3) is 0.0822. The lowest BCUT2D eigenvalue weighted by molar-refractivity contribution is -0.142. The van der Waals surface area contributed by atoms with Crippen molar-refractivity contribution >= 4 is 43.6 Å². The molecule has 0 aliphatic heterocycles. The average molecular weight is 1080 g/mol. The Bertz CT molecular complexity index is 4590. The van der Waals surface area contributed by atoms with E-state index < -0.39 is 29.0 Å². The van der Waals surface area contributed by atoms with Crippen molar-refractivity contribution in [2.24, 2.45) is 0 Å². The second-order valence-corrected chi connectivity index (χ2v) is 21.2. The largest absolute Gasteiger partial charge is 0.417 e. The van der Waals surface area contributed by atoms with E-state index in [1.807, 2.05) is 60.7 Å². The first-order valence-corrected chi connectivity index (χ1v) is 26.9. The number of hydrogen-bond acceptors (Lipinski definition) is 1. The summed E-state index contributed by atoms with van der Waals surface area (Å²) in [6.07, 6.45) is -10.2. The Hall–Kier alpha value is -9.91. The summed E-state index contributed by atoms with van der Waals surface area (Å²) in [7, 11) is 0. The van der Waals surface area contributed by atoms with E-state index in [2.05, 4.69) is 164 Å². The molecule has 0 saturated heterocycles. The third-order valence-electron chi connectivity index (χ3n) is 16.2. The molecule has 82 heavy (non-hydrogen) atoms. The number of alkyl halides is 6. The number of fused-ring (bicyclic) bond motifs is 6. The first-order chi connectivity index (χ1) is 39.5. The summed E-state index contributed by atoms with van der Waals surface area (Å²) in [5.74, 6) is 0. The summed E-state index contributed by atoms with van der Waals surface area (Å²) in [5, 5.41) is 14.5. The number of halogens is 6. The Morgan fingerprint density at radius 2 is 0.683 bits per heavy atom. The number of aromatic nitrogens is 2. The first-order valence-electron chi connectivity index (χ1n) is 26.9. The molecule has 0 aliphatic rings. The van der Waals surface area contributed by atoms with Gasteiger partial charge in [-0.3, -0.25) is 0 Å². The third-order valence-corrected chi connectivity index (χ3v) is 16.2. The van der Waals surface area contributed by atoms with Gasteiger partial charge in [-0.2, -0.15) is 31.6 Å². The number of benzene rings is 11. The SMILES string of the molecule is Cc1ccccc1-c1ccc2c(c1)c1cc(-c3ccccc3C)ccc1n2-c1ccc(-c2ccc(C(F)(F)F)cc2C(F)(F)F)cc1-c1ccc(C#N)cc1-n1c2ccc(-c3ccccc3C)cc2c2cc(-c3ccccc3C)ccc21. The van der Waals surface area contributed by atoms with E-state index in [4.69, 9.17) is 0 Å². The van der Waals surface area contributed by atoms with E-state index in [0.717, 1.165) is 116 Å². The molecule has 0 N–H and O–H groups in total. The molecule has 9 heteroatoms. The number of nitrogens with zero attached hydrogens (tertiary/aromatic N) is 3. The standard InChI is InChI=1S/C73H49F6N3/c1-43-13-5-9-17-54(43)48-22-30-67-61(36-48)62-37-49(55-18-10-6-14-44(55)2)23-31-68(62)81(67)66-34-26-52(58-29-27-53(72(74,75)76)41-65(58)73(77,78)79)40-60(66)59-28-21-47(42-80)35-71(59)82-69-32-24-50(56-19-11-7-15-45(56)3)38-63(69)64-39-51(25-33-70(64)82)57-20-12-8-16-46(57)4/h5-41H,1-4H3. The minimum atomic E-state index is -5.15. The lowest BCUT2D eigenvalue weighted by atomic mass is 9.92. The summed E-state index contributed by atoms with van der Waals surface area (Å²) in [6.45, 7) is 8.31. The fourth-order valence-corrected chi connectivity index (χ4v) is 12.2. The summed E-state index contributed by atoms with van der Waals surface area (Å²) in [6, 6.07) is 72.6. The van der Waals surface area contributed by atoms with Crippen molar-refractivity contribution < 1.29 is 26.3 Å². The van der Waals surface area contributed by atoms with E-state index in [-0.39, 0.29) is 11.6 Å². The van der Waals surface area contributed by atoms with E-state index in [1.54, 1.807) is 24.3 Å². The van der Waals surface area contributed by atoms with Crippen LogP contribution < -0.4 is 0 Å².